The van der Waals surface area contributed by atoms with Gasteiger partial charge in [-0.2, -0.15) is 0 Å². The summed E-state index contributed by atoms with van der Waals surface area (Å²) in [6, 6.07) is 17.5. The first-order chi connectivity index (χ1) is 13.5. The smallest absolute Gasteiger partial charge is 0.253 e. The quantitative estimate of drug-likeness (QED) is 0.717. The van der Waals surface area contributed by atoms with Gasteiger partial charge in [0.2, 0.25) is 5.91 Å². The first-order valence-corrected chi connectivity index (χ1v) is 9.42. The third kappa shape index (κ3) is 3.43. The zero-order valence-corrected chi connectivity index (χ0v) is 16.1. The summed E-state index contributed by atoms with van der Waals surface area (Å²) in [5.74, 6) is -0.250. The van der Waals surface area contributed by atoms with Gasteiger partial charge in [-0.25, -0.2) is 0 Å². The predicted molar refractivity (Wildman–Crippen MR) is 113 cm³/mol. The topological polar surface area (TPSA) is 61.4 Å². The highest BCUT2D eigenvalue weighted by atomic mass is 16.2. The average Bonchev–Trinajstić information content (AvgIpc) is 3.12. The molecule has 5 heteroatoms. The van der Waals surface area contributed by atoms with Crippen molar-refractivity contribution in [3.8, 4) is 0 Å². The maximum Gasteiger partial charge on any atom is 0.253 e. The number of rotatable bonds is 5. The molecule has 0 unspecified atom stereocenters. The molecule has 4 rings (SSSR count). The molecule has 0 atom stereocenters. The molecular formula is C23H23N3O2. The average molecular weight is 373 g/mol. The minimum atomic E-state index is -0.155. The van der Waals surface area contributed by atoms with Crippen LogP contribution >= 0.6 is 0 Å². The standard InChI is InChI=1S/C23H23N3O2/c1-26(2)23(28)17-6-3-7-18(13-17)25-21(27)14-24-20-12-11-16-10-9-15-5-4-8-19(20)22(15)16/h3-8,11-13,24H,9-10,14H2,1-2H3,(H,25,27). The van der Waals surface area contributed by atoms with Crippen molar-refractivity contribution < 1.29 is 9.59 Å². The van der Waals surface area contributed by atoms with E-state index in [1.54, 1.807) is 38.4 Å². The van der Waals surface area contributed by atoms with Crippen LogP contribution in [0.3, 0.4) is 0 Å². The third-order valence-electron chi connectivity index (χ3n) is 5.12. The zero-order chi connectivity index (χ0) is 19.7. The lowest BCUT2D eigenvalue weighted by Crippen LogP contribution is -2.23. The summed E-state index contributed by atoms with van der Waals surface area (Å²) in [5, 5.41) is 8.60. The Bertz CT molecular complexity index is 1060. The third-order valence-corrected chi connectivity index (χ3v) is 5.12. The summed E-state index contributed by atoms with van der Waals surface area (Å²) in [6.07, 6.45) is 2.16. The highest BCUT2D eigenvalue weighted by molar-refractivity contribution is 6.02. The van der Waals surface area contributed by atoms with E-state index in [2.05, 4.69) is 41.0 Å². The number of amides is 2. The summed E-state index contributed by atoms with van der Waals surface area (Å²) in [7, 11) is 3.41. The molecule has 0 saturated carbocycles. The van der Waals surface area contributed by atoms with Gasteiger partial charge in [-0.15, -0.1) is 0 Å². The molecule has 0 bridgehead atoms. The van der Waals surface area contributed by atoms with Gasteiger partial charge in [-0.1, -0.05) is 30.3 Å². The number of carbonyl (C=O) groups is 2. The highest BCUT2D eigenvalue weighted by Gasteiger charge is 2.16. The van der Waals surface area contributed by atoms with E-state index in [-0.39, 0.29) is 18.4 Å². The first kappa shape index (κ1) is 18.0. The molecule has 3 aromatic carbocycles. The van der Waals surface area contributed by atoms with E-state index < -0.39 is 0 Å². The minimum Gasteiger partial charge on any atom is -0.376 e. The Morgan fingerprint density at radius 1 is 0.964 bits per heavy atom. The number of hydrogen-bond donors (Lipinski definition) is 2. The lowest BCUT2D eigenvalue weighted by molar-refractivity contribution is -0.114. The zero-order valence-electron chi connectivity index (χ0n) is 16.1. The summed E-state index contributed by atoms with van der Waals surface area (Å²) in [5.41, 5.74) is 4.88. The molecule has 142 valence electrons. The SMILES string of the molecule is CN(C)C(=O)c1cccc(NC(=O)CNc2ccc3c4c(cccc24)CC3)c1. The maximum absolute atomic E-state index is 12.4. The van der Waals surface area contributed by atoms with E-state index in [0.29, 0.717) is 11.3 Å². The predicted octanol–water partition coefficient (Wildman–Crippen LogP) is 3.69. The molecule has 28 heavy (non-hydrogen) atoms. The molecule has 0 aromatic heterocycles. The van der Waals surface area contributed by atoms with Gasteiger partial charge in [0.25, 0.3) is 5.91 Å². The number of hydrogen-bond acceptors (Lipinski definition) is 3. The van der Waals surface area contributed by atoms with Crippen molar-refractivity contribution in [1.82, 2.24) is 4.90 Å². The van der Waals surface area contributed by atoms with Crippen LogP contribution in [0.2, 0.25) is 0 Å². The Balaban J connectivity index is 1.46. The van der Waals surface area contributed by atoms with Gasteiger partial charge in [-0.3, -0.25) is 9.59 Å². The second-order valence-corrected chi connectivity index (χ2v) is 7.29. The fourth-order valence-electron chi connectivity index (χ4n) is 3.77. The van der Waals surface area contributed by atoms with Gasteiger partial charge in [0.1, 0.15) is 0 Å². The van der Waals surface area contributed by atoms with Crippen LogP contribution in [0.5, 0.6) is 0 Å². The molecule has 3 aromatic rings. The van der Waals surface area contributed by atoms with Gasteiger partial charge in [0.05, 0.1) is 6.54 Å². The monoisotopic (exact) mass is 373 g/mol. The molecule has 5 nitrogen and oxygen atoms in total. The van der Waals surface area contributed by atoms with E-state index in [1.807, 2.05) is 0 Å². The number of nitrogens with zero attached hydrogens (tertiary/aromatic N) is 1. The fourth-order valence-corrected chi connectivity index (χ4v) is 3.77. The largest absolute Gasteiger partial charge is 0.376 e. The van der Waals surface area contributed by atoms with Crippen molar-refractivity contribution in [1.29, 1.82) is 0 Å². The van der Waals surface area contributed by atoms with E-state index in [4.69, 9.17) is 0 Å². The lowest BCUT2D eigenvalue weighted by Gasteiger charge is -2.13. The second kappa shape index (κ2) is 7.35. The summed E-state index contributed by atoms with van der Waals surface area (Å²) < 4.78 is 0. The van der Waals surface area contributed by atoms with Crippen LogP contribution < -0.4 is 10.6 Å². The summed E-state index contributed by atoms with van der Waals surface area (Å²) in [6.45, 7) is 0.157. The molecular weight excluding hydrogens is 350 g/mol. The Hall–Kier alpha value is -3.34. The number of benzene rings is 3. The van der Waals surface area contributed by atoms with Crippen LogP contribution in [0.25, 0.3) is 10.8 Å². The molecule has 1 aliphatic rings. The molecule has 0 heterocycles. The number of aryl methyl sites for hydroxylation is 2. The van der Waals surface area contributed by atoms with Gasteiger partial charge in [-0.05, 0) is 53.6 Å². The molecule has 2 amide bonds. The second-order valence-electron chi connectivity index (χ2n) is 7.29. The van der Waals surface area contributed by atoms with E-state index in [1.165, 1.54) is 26.8 Å². The first-order valence-electron chi connectivity index (χ1n) is 9.42. The molecule has 1 aliphatic carbocycles. The number of nitrogens with one attached hydrogen (secondary N) is 2. The van der Waals surface area contributed by atoms with Crippen molar-refractivity contribution in [2.45, 2.75) is 12.8 Å². The van der Waals surface area contributed by atoms with Crippen LogP contribution in [-0.4, -0.2) is 37.4 Å². The number of anilines is 2. The van der Waals surface area contributed by atoms with Gasteiger partial charge >= 0.3 is 0 Å². The van der Waals surface area contributed by atoms with Crippen molar-refractivity contribution in [2.75, 3.05) is 31.3 Å². The van der Waals surface area contributed by atoms with Crippen molar-refractivity contribution in [2.24, 2.45) is 0 Å². The van der Waals surface area contributed by atoms with Crippen LogP contribution in [-0.2, 0) is 17.6 Å². The molecule has 0 spiro atoms. The Kier molecular flexibility index (Phi) is 4.74. The van der Waals surface area contributed by atoms with E-state index in [9.17, 15) is 9.59 Å². The normalized spacial score (nSPS) is 12.1. The molecule has 0 fully saturated rings. The number of carbonyl (C=O) groups excluding carboxylic acids is 2. The van der Waals surface area contributed by atoms with Crippen LogP contribution in [0, 0.1) is 0 Å². The highest BCUT2D eigenvalue weighted by Crippen LogP contribution is 2.34. The molecule has 0 saturated heterocycles. The van der Waals surface area contributed by atoms with Gasteiger partial charge in [0.15, 0.2) is 0 Å². The Morgan fingerprint density at radius 3 is 2.50 bits per heavy atom. The van der Waals surface area contributed by atoms with Crippen LogP contribution in [0.4, 0.5) is 11.4 Å². The fraction of sp³-hybridized carbons (Fsp3) is 0.217. The summed E-state index contributed by atoms with van der Waals surface area (Å²) >= 11 is 0. The van der Waals surface area contributed by atoms with Crippen molar-refractivity contribution in [3.63, 3.8) is 0 Å². The minimum absolute atomic E-state index is 0.0953. The van der Waals surface area contributed by atoms with Gasteiger partial charge in [0, 0.05) is 36.4 Å². The maximum atomic E-state index is 12.4. The van der Waals surface area contributed by atoms with Crippen LogP contribution in [0.15, 0.2) is 54.6 Å². The van der Waals surface area contributed by atoms with Crippen molar-refractivity contribution in [3.05, 3.63) is 71.3 Å². The lowest BCUT2D eigenvalue weighted by atomic mass is 10.0. The van der Waals surface area contributed by atoms with Crippen LogP contribution in [0.1, 0.15) is 21.5 Å². The summed E-state index contributed by atoms with van der Waals surface area (Å²) in [4.78, 5) is 26.0. The van der Waals surface area contributed by atoms with Gasteiger partial charge < -0.3 is 15.5 Å². The molecule has 0 aliphatic heterocycles. The molecule has 2 N–H and O–H groups in total. The van der Waals surface area contributed by atoms with Crippen molar-refractivity contribution >= 4 is 34.0 Å². The van der Waals surface area contributed by atoms with E-state index in [0.717, 1.165) is 18.5 Å². The Labute approximate surface area is 164 Å². The van der Waals surface area contributed by atoms with E-state index >= 15 is 0 Å². The molecule has 0 radical (unpaired) electrons. The Morgan fingerprint density at radius 2 is 1.71 bits per heavy atom.